The molecular weight excluding hydrogens is 345 g/mol. The number of ether oxygens (including phenoxy) is 2. The Morgan fingerprint density at radius 3 is 2.54 bits per heavy atom. The molecule has 24 heavy (non-hydrogen) atoms. The van der Waals surface area contributed by atoms with E-state index in [0.717, 1.165) is 30.0 Å². The molecule has 3 nitrogen and oxygen atoms in total. The van der Waals surface area contributed by atoms with E-state index in [1.165, 1.54) is 5.56 Å². The molecule has 2 aromatic rings. The molecule has 1 unspecified atom stereocenters. The Labute approximate surface area is 155 Å². The van der Waals surface area contributed by atoms with Crippen LogP contribution in [0.4, 0.5) is 0 Å². The molecule has 2 aromatic carbocycles. The lowest BCUT2D eigenvalue weighted by molar-refractivity contribution is 0.284. The van der Waals surface area contributed by atoms with Gasteiger partial charge in [0.15, 0.2) is 11.5 Å². The second kappa shape index (κ2) is 10.4. The molecule has 2 rings (SSSR count). The fourth-order valence-electron chi connectivity index (χ4n) is 2.15. The molecule has 0 aromatic heterocycles. The average Bonchev–Trinajstić information content (AvgIpc) is 2.59. The SMILES string of the molecule is CCC(C)NCc1ccc(OCc2ccccc2Cl)c(OC)c1.Cl. The zero-order chi connectivity index (χ0) is 16.7. The number of hydrogen-bond acceptors (Lipinski definition) is 3. The van der Waals surface area contributed by atoms with Crippen molar-refractivity contribution in [3.8, 4) is 11.5 Å². The monoisotopic (exact) mass is 369 g/mol. The molecule has 0 saturated carbocycles. The third kappa shape index (κ3) is 5.90. The van der Waals surface area contributed by atoms with Crippen LogP contribution in [0.3, 0.4) is 0 Å². The number of benzene rings is 2. The first-order chi connectivity index (χ1) is 11.1. The lowest BCUT2D eigenvalue weighted by Crippen LogP contribution is -2.24. The molecule has 0 amide bonds. The summed E-state index contributed by atoms with van der Waals surface area (Å²) < 4.78 is 11.3. The second-order valence-electron chi connectivity index (χ2n) is 5.56. The summed E-state index contributed by atoms with van der Waals surface area (Å²) in [5, 5.41) is 4.18. The van der Waals surface area contributed by atoms with Crippen LogP contribution in [0.1, 0.15) is 31.4 Å². The average molecular weight is 370 g/mol. The lowest BCUT2D eigenvalue weighted by Gasteiger charge is -2.15. The van der Waals surface area contributed by atoms with Crippen LogP contribution in [0.5, 0.6) is 11.5 Å². The van der Waals surface area contributed by atoms with Crippen LogP contribution in [0.25, 0.3) is 0 Å². The van der Waals surface area contributed by atoms with Gasteiger partial charge in [0.05, 0.1) is 7.11 Å². The van der Waals surface area contributed by atoms with Crippen molar-refractivity contribution in [2.24, 2.45) is 0 Å². The molecule has 0 aliphatic heterocycles. The van der Waals surface area contributed by atoms with Crippen molar-refractivity contribution < 1.29 is 9.47 Å². The Bertz CT molecular complexity index is 635. The Hall–Kier alpha value is -1.42. The Kier molecular flexibility index (Phi) is 8.98. The predicted molar refractivity (Wildman–Crippen MR) is 103 cm³/mol. The highest BCUT2D eigenvalue weighted by atomic mass is 35.5. The summed E-state index contributed by atoms with van der Waals surface area (Å²) in [7, 11) is 1.66. The molecule has 1 N–H and O–H groups in total. The van der Waals surface area contributed by atoms with Gasteiger partial charge in [0, 0.05) is 23.2 Å². The minimum absolute atomic E-state index is 0. The third-order valence-corrected chi connectivity index (χ3v) is 4.20. The summed E-state index contributed by atoms with van der Waals surface area (Å²) in [6, 6.07) is 14.2. The van der Waals surface area contributed by atoms with Crippen molar-refractivity contribution >= 4 is 24.0 Å². The van der Waals surface area contributed by atoms with Crippen LogP contribution in [-0.2, 0) is 13.2 Å². The van der Waals surface area contributed by atoms with Crippen molar-refractivity contribution in [3.63, 3.8) is 0 Å². The van der Waals surface area contributed by atoms with Gasteiger partial charge in [-0.2, -0.15) is 0 Å². The van der Waals surface area contributed by atoms with Gasteiger partial charge < -0.3 is 14.8 Å². The summed E-state index contributed by atoms with van der Waals surface area (Å²) in [4.78, 5) is 0. The van der Waals surface area contributed by atoms with E-state index in [4.69, 9.17) is 21.1 Å². The number of methoxy groups -OCH3 is 1. The maximum Gasteiger partial charge on any atom is 0.161 e. The maximum absolute atomic E-state index is 6.15. The molecule has 5 heteroatoms. The van der Waals surface area contributed by atoms with E-state index in [1.807, 2.05) is 36.4 Å². The molecule has 0 heterocycles. The van der Waals surface area contributed by atoms with Gasteiger partial charge in [-0.1, -0.05) is 42.8 Å². The maximum atomic E-state index is 6.15. The molecule has 0 spiro atoms. The van der Waals surface area contributed by atoms with Gasteiger partial charge in [0.1, 0.15) is 6.61 Å². The van der Waals surface area contributed by atoms with Crippen LogP contribution in [0.2, 0.25) is 5.02 Å². The highest BCUT2D eigenvalue weighted by molar-refractivity contribution is 6.31. The van der Waals surface area contributed by atoms with Crippen LogP contribution in [0, 0.1) is 0 Å². The smallest absolute Gasteiger partial charge is 0.161 e. The highest BCUT2D eigenvalue weighted by Crippen LogP contribution is 2.29. The van der Waals surface area contributed by atoms with Gasteiger partial charge in [0.25, 0.3) is 0 Å². The van der Waals surface area contributed by atoms with Gasteiger partial charge in [-0.15, -0.1) is 12.4 Å². The van der Waals surface area contributed by atoms with E-state index in [2.05, 4.69) is 25.2 Å². The first-order valence-electron chi connectivity index (χ1n) is 7.90. The van der Waals surface area contributed by atoms with Gasteiger partial charge >= 0.3 is 0 Å². The minimum Gasteiger partial charge on any atom is -0.493 e. The van der Waals surface area contributed by atoms with Crippen molar-refractivity contribution in [3.05, 3.63) is 58.6 Å². The topological polar surface area (TPSA) is 30.5 Å². The molecule has 0 fully saturated rings. The normalized spacial score (nSPS) is 11.5. The van der Waals surface area contributed by atoms with Crippen molar-refractivity contribution in [1.29, 1.82) is 0 Å². The van der Waals surface area contributed by atoms with Crippen LogP contribution >= 0.6 is 24.0 Å². The summed E-state index contributed by atoms with van der Waals surface area (Å²) in [5.41, 5.74) is 2.13. The van der Waals surface area contributed by atoms with E-state index >= 15 is 0 Å². The Balaban J connectivity index is 0.00000288. The zero-order valence-corrected chi connectivity index (χ0v) is 15.9. The van der Waals surface area contributed by atoms with Gasteiger partial charge in [-0.3, -0.25) is 0 Å². The number of halogens is 2. The molecule has 0 saturated heterocycles. The molecule has 0 radical (unpaired) electrons. The minimum atomic E-state index is 0. The molecule has 0 bridgehead atoms. The summed E-state index contributed by atoms with van der Waals surface area (Å²) in [5.74, 6) is 1.46. The first kappa shape index (κ1) is 20.6. The van der Waals surface area contributed by atoms with Crippen LogP contribution in [-0.4, -0.2) is 13.2 Å². The number of nitrogens with one attached hydrogen (secondary N) is 1. The molecular formula is C19H25Cl2NO2. The van der Waals surface area contributed by atoms with Gasteiger partial charge in [-0.25, -0.2) is 0 Å². The fraction of sp³-hybridized carbons (Fsp3) is 0.368. The van der Waals surface area contributed by atoms with Crippen molar-refractivity contribution in [2.75, 3.05) is 7.11 Å². The van der Waals surface area contributed by atoms with E-state index in [0.29, 0.717) is 17.7 Å². The fourth-order valence-corrected chi connectivity index (χ4v) is 2.34. The van der Waals surface area contributed by atoms with Crippen LogP contribution in [0.15, 0.2) is 42.5 Å². The molecule has 0 aliphatic carbocycles. The number of hydrogen-bond donors (Lipinski definition) is 1. The summed E-state index contributed by atoms with van der Waals surface area (Å²) in [6.45, 7) is 5.58. The second-order valence-corrected chi connectivity index (χ2v) is 5.96. The highest BCUT2D eigenvalue weighted by Gasteiger charge is 2.08. The van der Waals surface area contributed by atoms with Gasteiger partial charge in [0.2, 0.25) is 0 Å². The molecule has 132 valence electrons. The van der Waals surface area contributed by atoms with E-state index in [9.17, 15) is 0 Å². The predicted octanol–water partition coefficient (Wildman–Crippen LogP) is 5.24. The zero-order valence-electron chi connectivity index (χ0n) is 14.3. The summed E-state index contributed by atoms with van der Waals surface area (Å²) >= 11 is 6.15. The molecule has 1 atom stereocenters. The third-order valence-electron chi connectivity index (χ3n) is 3.84. The van der Waals surface area contributed by atoms with E-state index in [-0.39, 0.29) is 12.4 Å². The van der Waals surface area contributed by atoms with Crippen molar-refractivity contribution in [1.82, 2.24) is 5.32 Å². The largest absolute Gasteiger partial charge is 0.493 e. The van der Waals surface area contributed by atoms with Gasteiger partial charge in [-0.05, 0) is 37.1 Å². The standard InChI is InChI=1S/C19H24ClNO2.ClH/c1-4-14(2)21-12-15-9-10-18(19(11-15)22-3)23-13-16-7-5-6-8-17(16)20;/h5-11,14,21H,4,12-13H2,1-3H3;1H. The molecule has 0 aliphatic rings. The summed E-state index contributed by atoms with van der Waals surface area (Å²) in [6.07, 6.45) is 1.11. The Morgan fingerprint density at radius 2 is 1.88 bits per heavy atom. The quantitative estimate of drug-likeness (QED) is 0.690. The first-order valence-corrected chi connectivity index (χ1v) is 8.28. The van der Waals surface area contributed by atoms with Crippen molar-refractivity contribution in [2.45, 2.75) is 39.5 Å². The number of rotatable bonds is 8. The van der Waals surface area contributed by atoms with E-state index in [1.54, 1.807) is 7.11 Å². The van der Waals surface area contributed by atoms with E-state index < -0.39 is 0 Å². The Morgan fingerprint density at radius 1 is 1.12 bits per heavy atom. The lowest BCUT2D eigenvalue weighted by atomic mass is 10.1. The van der Waals surface area contributed by atoms with Crippen LogP contribution < -0.4 is 14.8 Å².